The molecule has 0 bridgehead atoms. The van der Waals surface area contributed by atoms with Gasteiger partial charge in [-0.05, 0) is 225 Å². The number of ketones is 2. The Morgan fingerprint density at radius 2 is 0.699 bits per heavy atom. The Balaban J connectivity index is 0.000000216. The molecule has 0 saturated carbocycles. The number of aliphatic imine (C=N–C) groups is 3. The number of para-hydroxylation sites is 4. The maximum Gasteiger partial charge on any atom is 0.305 e. The molecule has 0 aliphatic carbocycles. The maximum absolute atomic E-state index is 14.1. The van der Waals surface area contributed by atoms with Gasteiger partial charge in [0.05, 0.1) is 92.4 Å². The lowest BCUT2D eigenvalue weighted by Crippen LogP contribution is -2.39. The van der Waals surface area contributed by atoms with E-state index in [9.17, 15) is 57.5 Å². The quantitative estimate of drug-likeness (QED) is 0.0209. The Labute approximate surface area is 849 Å². The number of rotatable bonds is 36. The van der Waals surface area contributed by atoms with E-state index >= 15 is 0 Å². The lowest BCUT2D eigenvalue weighted by atomic mass is 9.98. The van der Waals surface area contributed by atoms with Gasteiger partial charge < -0.3 is 64.1 Å². The van der Waals surface area contributed by atoms with E-state index in [4.69, 9.17) is 43.4 Å². The second kappa shape index (κ2) is 46.2. The van der Waals surface area contributed by atoms with Gasteiger partial charge in [0, 0.05) is 152 Å². The molecule has 146 heavy (non-hydrogen) atoms. The number of amides is 8. The zero-order chi connectivity index (χ0) is 101. The summed E-state index contributed by atoms with van der Waals surface area (Å²) in [6.45, 7) is 10.5. The SMILES string of the molecule is C.C.COC(=O)CCCCC(=O)N[C@@H](C)C(=O)C[C@@H](C)C(=O)Nc1cc(COc2cc3c(cc2C)C(=O)N2c4ccccc4C[C@H]2C=N3)cc(COc2cc3c(cc2OC)C(=O)N2c4ccccc4C[C@H]2C=N3)c1.COC(=O)CCCCC(=O)N[C@@H](C)C(=O)C[C@@H](C)C(=O)Nc1cc(COc2cc3c(cc2C)C(=O)N2c4ccccc4C[C@H]2CC3)cc(COc2cc3c(cc2OC)C(=O)N2c4ccccc4C[C@H]2C=N3)c1. The average molecular weight is 1980 g/mol. The summed E-state index contributed by atoms with van der Waals surface area (Å²) in [5.41, 5.74) is 17.4. The van der Waals surface area contributed by atoms with Crippen molar-refractivity contribution in [3.05, 3.63) is 265 Å². The number of hydrogen-bond acceptors (Lipinski definition) is 23. The molecule has 0 unspecified atom stereocenters. The standard InChI is InChI=1S/C57H59N5O10.C56H56N6O10.2CH4/c1-33-20-44-38(18-19-42-25-39-12-6-8-14-47(39)61(42)56(44)67)27-50(33)71-31-36-22-37(24-41(23-36)60-55(66)34(2)21-49(63)35(3)59-53(64)16-10-11-17-54(65)70-5)32-72-52-29-46-45(28-51(52)69-4)57(68)62-43(30-58-46)26-40-13-7-9-15-48(40)62;1-32-18-42-44(57-28-40-23-37-12-6-8-14-46(37)61(40)55(42)67)26-49(32)71-30-35-20-36(22-39(21-35)60-54(66)33(2)19-48(63)34(3)59-52(64)16-10-11-17-53(65)70-5)31-72-51-27-45-43(25-50(51)69-4)56(68)62-41(29-58-45)24-38-13-7-9-15-47(38)62;;/h6-9,12-15,20,22-24,27-30,34-35,42-43H,10-11,16-19,21,25-26,31-32H2,1-5H3,(H,59,64)(H,60,66);6-9,12-15,18,20-22,25-29,33-34,40-41H,10-11,16-17,19,23-24,30-31H2,1-5H3,(H,59,64)(H,60,66);2*1H4/t34-,35+,42-,43+;33-,34+,40+,41+;;/m11../s1. The van der Waals surface area contributed by atoms with Gasteiger partial charge in [-0.2, -0.15) is 0 Å². The predicted octanol–water partition coefficient (Wildman–Crippen LogP) is 18.5. The Morgan fingerprint density at radius 3 is 1.08 bits per heavy atom. The van der Waals surface area contributed by atoms with Crippen LogP contribution in [0, 0.1) is 25.7 Å². The molecule has 10 aromatic rings. The third-order valence-electron chi connectivity index (χ3n) is 27.4. The summed E-state index contributed by atoms with van der Waals surface area (Å²) >= 11 is 0. The van der Waals surface area contributed by atoms with E-state index in [2.05, 4.69) is 36.8 Å². The van der Waals surface area contributed by atoms with Crippen molar-refractivity contribution in [1.82, 2.24) is 10.6 Å². The predicted molar refractivity (Wildman–Crippen MR) is 559 cm³/mol. The monoisotopic (exact) mass is 1980 g/mol. The highest BCUT2D eigenvalue weighted by Gasteiger charge is 2.43. The normalized spacial score (nSPS) is 16.6. The number of Topliss-reactive ketones (excluding diaryl/α,β-unsaturated/α-hetero) is 2. The smallest absolute Gasteiger partial charge is 0.305 e. The van der Waals surface area contributed by atoms with Crippen LogP contribution in [0.2, 0.25) is 0 Å². The van der Waals surface area contributed by atoms with Crippen molar-refractivity contribution < 1.29 is 95.4 Å². The van der Waals surface area contributed by atoms with Gasteiger partial charge in [0.25, 0.3) is 23.6 Å². The first-order valence-corrected chi connectivity index (χ1v) is 48.7. The molecule has 0 spiro atoms. The largest absolute Gasteiger partial charge is 0.493 e. The highest BCUT2D eigenvalue weighted by molar-refractivity contribution is 6.18. The van der Waals surface area contributed by atoms with Crippen LogP contribution in [0.15, 0.2) is 197 Å². The molecule has 8 heterocycles. The first-order chi connectivity index (χ1) is 69.5. The van der Waals surface area contributed by atoms with Crippen LogP contribution < -0.4 is 69.3 Å². The van der Waals surface area contributed by atoms with Crippen LogP contribution in [-0.4, -0.2) is 154 Å². The molecule has 8 aliphatic rings. The van der Waals surface area contributed by atoms with Crippen molar-refractivity contribution in [1.29, 1.82) is 0 Å². The molecule has 18 rings (SSSR count). The second-order valence-corrected chi connectivity index (χ2v) is 37.7. The molecule has 8 amide bonds. The first-order valence-electron chi connectivity index (χ1n) is 48.7. The summed E-state index contributed by atoms with van der Waals surface area (Å²) in [6.07, 6.45) is 12.1. The van der Waals surface area contributed by atoms with Gasteiger partial charge in [-0.3, -0.25) is 87.2 Å². The fourth-order valence-electron chi connectivity index (χ4n) is 19.7. The number of nitrogens with zero attached hydrogens (tertiary/aromatic N) is 7. The van der Waals surface area contributed by atoms with Gasteiger partial charge in [-0.25, -0.2) is 0 Å². The van der Waals surface area contributed by atoms with E-state index in [1.807, 2.05) is 140 Å². The van der Waals surface area contributed by atoms with E-state index in [1.165, 1.54) is 34.0 Å². The van der Waals surface area contributed by atoms with Crippen LogP contribution in [0.25, 0.3) is 0 Å². The van der Waals surface area contributed by atoms with E-state index < -0.39 is 35.7 Å². The number of aryl methyl sites for hydroxylation is 3. The lowest BCUT2D eigenvalue weighted by molar-refractivity contribution is -0.141. The molecular weight excluding hydrogens is 1860 g/mol. The molecule has 8 atom stereocenters. The molecule has 0 radical (unpaired) electrons. The van der Waals surface area contributed by atoms with Crippen LogP contribution in [-0.2, 0) is 106 Å². The van der Waals surface area contributed by atoms with Crippen molar-refractivity contribution in [2.45, 2.75) is 222 Å². The molecule has 31 heteroatoms. The van der Waals surface area contributed by atoms with Crippen LogP contribution >= 0.6 is 0 Å². The zero-order valence-electron chi connectivity index (χ0n) is 82.1. The van der Waals surface area contributed by atoms with Gasteiger partial charge >= 0.3 is 11.9 Å². The van der Waals surface area contributed by atoms with E-state index in [0.717, 1.165) is 75.4 Å². The Kier molecular flexibility index (Phi) is 33.0. The first kappa shape index (κ1) is 104. The van der Waals surface area contributed by atoms with Crippen LogP contribution in [0.1, 0.15) is 216 Å². The minimum absolute atomic E-state index is 0. The highest BCUT2D eigenvalue weighted by Crippen LogP contribution is 2.47. The Hall–Kier alpha value is -16.0. The molecule has 4 N–H and O–H groups in total. The Bertz CT molecular complexity index is 6860. The van der Waals surface area contributed by atoms with Gasteiger partial charge in [0.1, 0.15) is 37.9 Å². The number of nitrogens with one attached hydrogen (secondary N) is 4. The summed E-state index contributed by atoms with van der Waals surface area (Å²) in [6, 6.07) is 54.6. The third kappa shape index (κ3) is 23.3. The van der Waals surface area contributed by atoms with E-state index in [0.29, 0.717) is 152 Å². The molecule has 758 valence electrons. The summed E-state index contributed by atoms with van der Waals surface area (Å²) in [5.74, 6) is -2.21. The average Bonchev–Trinajstić information content (AvgIpc) is 1.62. The number of ether oxygens (including phenoxy) is 8. The van der Waals surface area contributed by atoms with Gasteiger partial charge in [0.2, 0.25) is 23.6 Å². The highest BCUT2D eigenvalue weighted by atomic mass is 16.5. The Morgan fingerprint density at radius 1 is 0.370 bits per heavy atom. The molecule has 0 aromatic heterocycles. The fourth-order valence-corrected chi connectivity index (χ4v) is 19.7. The number of hydrogen-bond donors (Lipinski definition) is 4. The fraction of sp³-hybridized carbons (Fsp3) is 0.348. The number of methoxy groups -OCH3 is 4. The van der Waals surface area contributed by atoms with Crippen LogP contribution in [0.4, 0.5) is 51.2 Å². The van der Waals surface area contributed by atoms with Crippen LogP contribution in [0.5, 0.6) is 34.5 Å². The summed E-state index contributed by atoms with van der Waals surface area (Å²) in [7, 11) is 5.64. The van der Waals surface area contributed by atoms with Crippen molar-refractivity contribution in [3.63, 3.8) is 0 Å². The van der Waals surface area contributed by atoms with Gasteiger partial charge in [0.15, 0.2) is 34.6 Å². The van der Waals surface area contributed by atoms with Gasteiger partial charge in [-0.15, -0.1) is 0 Å². The number of benzene rings is 10. The number of esters is 2. The number of fused-ring (bicyclic) bond motifs is 16. The second-order valence-electron chi connectivity index (χ2n) is 37.7. The minimum atomic E-state index is -0.825. The molecule has 31 nitrogen and oxygen atoms in total. The number of carbonyl (C=O) groups excluding carboxylic acids is 12. The molecule has 8 aliphatic heterocycles. The lowest BCUT2D eigenvalue weighted by Gasteiger charge is -2.23. The number of unbranched alkanes of at least 4 members (excludes halogenated alkanes) is 2. The van der Waals surface area contributed by atoms with Crippen molar-refractivity contribution in [3.8, 4) is 34.5 Å². The molecular formula is C115H123N11O20. The zero-order valence-corrected chi connectivity index (χ0v) is 82.1. The van der Waals surface area contributed by atoms with E-state index in [-0.39, 0.29) is 163 Å². The summed E-state index contributed by atoms with van der Waals surface area (Å²) in [5, 5.41) is 11.4. The molecule has 0 fully saturated rings. The van der Waals surface area contributed by atoms with Crippen LogP contribution in [0.3, 0.4) is 0 Å². The van der Waals surface area contributed by atoms with Gasteiger partial charge in [-0.1, -0.05) is 101 Å². The number of carbonyl (C=O) groups is 12. The number of anilines is 6. The maximum atomic E-state index is 14.1. The van der Waals surface area contributed by atoms with E-state index in [1.54, 1.807) is 115 Å². The topological polar surface area (TPSA) is 377 Å². The minimum Gasteiger partial charge on any atom is -0.493 e. The molecule has 10 aromatic carbocycles. The van der Waals surface area contributed by atoms with Crippen molar-refractivity contribution >= 4 is 141 Å². The van der Waals surface area contributed by atoms with Crippen molar-refractivity contribution in [2.75, 3.05) is 58.7 Å². The molecule has 0 saturated heterocycles. The van der Waals surface area contributed by atoms with Crippen molar-refractivity contribution in [2.24, 2.45) is 26.8 Å². The third-order valence-corrected chi connectivity index (χ3v) is 27.4. The summed E-state index contributed by atoms with van der Waals surface area (Å²) in [4.78, 5) is 180. The summed E-state index contributed by atoms with van der Waals surface area (Å²) < 4.78 is 46.6.